The Kier molecular flexibility index (Phi) is 2.60. The molecule has 1 fully saturated rings. The number of ether oxygens (including phenoxy) is 1. The molecule has 1 aromatic rings. The van der Waals surface area contributed by atoms with Crippen LogP contribution in [-0.4, -0.2) is 6.61 Å². The summed E-state index contributed by atoms with van der Waals surface area (Å²) in [4.78, 5) is 0. The van der Waals surface area contributed by atoms with Crippen molar-refractivity contribution in [2.24, 2.45) is 11.7 Å². The van der Waals surface area contributed by atoms with Gasteiger partial charge in [0, 0.05) is 6.04 Å². The standard InChI is InChI=1S/C14H19NO/c15-13-5-1-4-12-11(13)3-2-6-14(12)16-9-10-7-8-10/h2-3,6,10,13H,1,4-5,7-9,15H2. The van der Waals surface area contributed by atoms with E-state index in [2.05, 4.69) is 18.2 Å². The molecule has 0 amide bonds. The summed E-state index contributed by atoms with van der Waals surface area (Å²) in [7, 11) is 0. The van der Waals surface area contributed by atoms with Crippen molar-refractivity contribution < 1.29 is 4.74 Å². The summed E-state index contributed by atoms with van der Waals surface area (Å²) in [5.41, 5.74) is 8.80. The number of fused-ring (bicyclic) bond motifs is 1. The highest BCUT2D eigenvalue weighted by Crippen LogP contribution is 2.35. The van der Waals surface area contributed by atoms with Crippen LogP contribution in [0.3, 0.4) is 0 Å². The van der Waals surface area contributed by atoms with Crippen LogP contribution in [-0.2, 0) is 6.42 Å². The van der Waals surface area contributed by atoms with Crippen molar-refractivity contribution in [3.63, 3.8) is 0 Å². The van der Waals surface area contributed by atoms with Gasteiger partial charge in [-0.15, -0.1) is 0 Å². The second-order valence-corrected chi connectivity index (χ2v) is 5.08. The zero-order valence-electron chi connectivity index (χ0n) is 9.61. The highest BCUT2D eigenvalue weighted by atomic mass is 16.5. The van der Waals surface area contributed by atoms with Gasteiger partial charge in [-0.25, -0.2) is 0 Å². The maximum absolute atomic E-state index is 6.13. The van der Waals surface area contributed by atoms with E-state index in [1.54, 1.807) is 0 Å². The molecule has 1 atom stereocenters. The smallest absolute Gasteiger partial charge is 0.122 e. The molecule has 2 N–H and O–H groups in total. The van der Waals surface area contributed by atoms with Crippen LogP contribution in [0.25, 0.3) is 0 Å². The molecule has 1 saturated carbocycles. The molecule has 0 saturated heterocycles. The maximum atomic E-state index is 6.13. The summed E-state index contributed by atoms with van der Waals surface area (Å²) < 4.78 is 5.92. The fraction of sp³-hybridized carbons (Fsp3) is 0.571. The van der Waals surface area contributed by atoms with Crippen LogP contribution in [0.15, 0.2) is 18.2 Å². The zero-order valence-corrected chi connectivity index (χ0v) is 9.61. The van der Waals surface area contributed by atoms with Crippen LogP contribution in [0, 0.1) is 5.92 Å². The SMILES string of the molecule is NC1CCCc2c(OCC3CC3)cccc21. The first-order valence-electron chi connectivity index (χ1n) is 6.35. The number of rotatable bonds is 3. The summed E-state index contributed by atoms with van der Waals surface area (Å²) >= 11 is 0. The topological polar surface area (TPSA) is 35.2 Å². The monoisotopic (exact) mass is 217 g/mol. The van der Waals surface area contributed by atoms with Gasteiger partial charge in [0.1, 0.15) is 5.75 Å². The second kappa shape index (κ2) is 4.10. The Morgan fingerprint density at radius 1 is 1.25 bits per heavy atom. The third-order valence-corrected chi connectivity index (χ3v) is 3.68. The Hall–Kier alpha value is -1.02. The quantitative estimate of drug-likeness (QED) is 0.845. The van der Waals surface area contributed by atoms with E-state index >= 15 is 0 Å². The molecule has 0 aliphatic heterocycles. The number of hydrogen-bond donors (Lipinski definition) is 1. The molecule has 0 bridgehead atoms. The molecule has 0 aromatic heterocycles. The normalized spacial score (nSPS) is 23.9. The largest absolute Gasteiger partial charge is 0.493 e. The van der Waals surface area contributed by atoms with Crippen LogP contribution in [0.1, 0.15) is 42.9 Å². The molecule has 2 heteroatoms. The van der Waals surface area contributed by atoms with Gasteiger partial charge in [0.2, 0.25) is 0 Å². The predicted molar refractivity (Wildman–Crippen MR) is 64.5 cm³/mol. The Morgan fingerprint density at radius 2 is 2.12 bits per heavy atom. The van der Waals surface area contributed by atoms with E-state index < -0.39 is 0 Å². The van der Waals surface area contributed by atoms with Crippen LogP contribution in [0.2, 0.25) is 0 Å². The van der Waals surface area contributed by atoms with Crippen LogP contribution in [0.4, 0.5) is 0 Å². The Labute approximate surface area is 96.8 Å². The first-order valence-corrected chi connectivity index (χ1v) is 6.35. The molecule has 0 radical (unpaired) electrons. The highest BCUT2D eigenvalue weighted by molar-refractivity contribution is 5.43. The lowest BCUT2D eigenvalue weighted by Crippen LogP contribution is -2.18. The minimum atomic E-state index is 0.216. The lowest BCUT2D eigenvalue weighted by molar-refractivity contribution is 0.294. The van der Waals surface area contributed by atoms with Gasteiger partial charge in [-0.1, -0.05) is 12.1 Å². The van der Waals surface area contributed by atoms with E-state index in [1.165, 1.54) is 30.4 Å². The van der Waals surface area contributed by atoms with Gasteiger partial charge in [-0.2, -0.15) is 0 Å². The first kappa shape index (κ1) is 10.2. The Balaban J connectivity index is 1.83. The van der Waals surface area contributed by atoms with Crippen LogP contribution >= 0.6 is 0 Å². The first-order chi connectivity index (χ1) is 7.84. The molecule has 0 heterocycles. The summed E-state index contributed by atoms with van der Waals surface area (Å²) in [6.07, 6.45) is 6.12. The molecule has 1 unspecified atom stereocenters. The van der Waals surface area contributed by atoms with Crippen LogP contribution in [0.5, 0.6) is 5.75 Å². The van der Waals surface area contributed by atoms with E-state index in [-0.39, 0.29) is 6.04 Å². The molecule has 1 aromatic carbocycles. The molecular weight excluding hydrogens is 198 g/mol. The minimum Gasteiger partial charge on any atom is -0.493 e. The van der Waals surface area contributed by atoms with Gasteiger partial charge in [-0.3, -0.25) is 0 Å². The summed E-state index contributed by atoms with van der Waals surface area (Å²) in [5, 5.41) is 0. The predicted octanol–water partition coefficient (Wildman–Crippen LogP) is 2.81. The summed E-state index contributed by atoms with van der Waals surface area (Å²) in [6.45, 7) is 0.895. The molecule has 2 aliphatic rings. The summed E-state index contributed by atoms with van der Waals surface area (Å²) in [6, 6.07) is 6.54. The van der Waals surface area contributed by atoms with Gasteiger partial charge < -0.3 is 10.5 Å². The van der Waals surface area contributed by atoms with Gasteiger partial charge in [0.15, 0.2) is 0 Å². The fourth-order valence-corrected chi connectivity index (χ4v) is 2.48. The second-order valence-electron chi connectivity index (χ2n) is 5.08. The number of nitrogens with two attached hydrogens (primary N) is 1. The average Bonchev–Trinajstić information content (AvgIpc) is 3.11. The van der Waals surface area contributed by atoms with Gasteiger partial charge in [0.05, 0.1) is 6.61 Å². The minimum absolute atomic E-state index is 0.216. The lowest BCUT2D eigenvalue weighted by Gasteiger charge is -2.24. The van der Waals surface area contributed by atoms with E-state index in [0.29, 0.717) is 0 Å². The van der Waals surface area contributed by atoms with Crippen molar-refractivity contribution in [3.8, 4) is 5.75 Å². The third-order valence-electron chi connectivity index (χ3n) is 3.68. The Bertz CT molecular complexity index is 384. The van der Waals surface area contributed by atoms with E-state index in [0.717, 1.165) is 31.1 Å². The molecule has 86 valence electrons. The number of benzene rings is 1. The van der Waals surface area contributed by atoms with E-state index in [9.17, 15) is 0 Å². The van der Waals surface area contributed by atoms with Gasteiger partial charge in [-0.05, 0) is 55.2 Å². The highest BCUT2D eigenvalue weighted by Gasteiger charge is 2.24. The van der Waals surface area contributed by atoms with Crippen molar-refractivity contribution in [1.29, 1.82) is 0 Å². The maximum Gasteiger partial charge on any atom is 0.122 e. The van der Waals surface area contributed by atoms with E-state index in [4.69, 9.17) is 10.5 Å². The van der Waals surface area contributed by atoms with Crippen molar-refractivity contribution in [2.45, 2.75) is 38.1 Å². The van der Waals surface area contributed by atoms with Crippen LogP contribution < -0.4 is 10.5 Å². The van der Waals surface area contributed by atoms with Gasteiger partial charge >= 0.3 is 0 Å². The number of hydrogen-bond acceptors (Lipinski definition) is 2. The average molecular weight is 217 g/mol. The molecular formula is C14H19NO. The van der Waals surface area contributed by atoms with E-state index in [1.807, 2.05) is 0 Å². The van der Waals surface area contributed by atoms with Crippen molar-refractivity contribution in [2.75, 3.05) is 6.61 Å². The van der Waals surface area contributed by atoms with Crippen molar-refractivity contribution in [1.82, 2.24) is 0 Å². The molecule has 2 aliphatic carbocycles. The van der Waals surface area contributed by atoms with Crippen molar-refractivity contribution in [3.05, 3.63) is 29.3 Å². The molecule has 16 heavy (non-hydrogen) atoms. The lowest BCUT2D eigenvalue weighted by atomic mass is 9.87. The summed E-state index contributed by atoms with van der Waals surface area (Å²) in [5.74, 6) is 1.90. The molecule has 3 rings (SSSR count). The van der Waals surface area contributed by atoms with Crippen molar-refractivity contribution >= 4 is 0 Å². The zero-order chi connectivity index (χ0) is 11.0. The molecule has 0 spiro atoms. The Morgan fingerprint density at radius 3 is 2.94 bits per heavy atom. The van der Waals surface area contributed by atoms with Gasteiger partial charge in [0.25, 0.3) is 0 Å². The third kappa shape index (κ3) is 1.94. The fourth-order valence-electron chi connectivity index (χ4n) is 2.48. The molecule has 2 nitrogen and oxygen atoms in total.